The van der Waals surface area contributed by atoms with Crippen LogP contribution in [0, 0.1) is 5.92 Å². The Morgan fingerprint density at radius 1 is 1.35 bits per heavy atom. The number of halogens is 1. The molecule has 1 N–H and O–H groups in total. The molecule has 0 fully saturated rings. The van der Waals surface area contributed by atoms with E-state index in [0.717, 1.165) is 23.1 Å². The molecule has 0 saturated heterocycles. The van der Waals surface area contributed by atoms with E-state index in [4.69, 9.17) is 0 Å². The average molecular weight is 299 g/mol. The lowest BCUT2D eigenvalue weighted by Gasteiger charge is -2.25. The van der Waals surface area contributed by atoms with E-state index in [1.165, 1.54) is 12.8 Å². The van der Waals surface area contributed by atoms with Crippen LogP contribution < -0.4 is 5.32 Å². The summed E-state index contributed by atoms with van der Waals surface area (Å²) in [7, 11) is 0. The minimum absolute atomic E-state index is 0.352. The number of nitrogens with zero attached hydrogens (tertiary/aromatic N) is 1. The molecule has 0 aromatic carbocycles. The van der Waals surface area contributed by atoms with E-state index < -0.39 is 0 Å². The first-order valence-electron chi connectivity index (χ1n) is 6.54. The van der Waals surface area contributed by atoms with Crippen LogP contribution in [0.2, 0.25) is 0 Å². The van der Waals surface area contributed by atoms with Crippen LogP contribution in [0.5, 0.6) is 0 Å². The number of hydrogen-bond donors (Lipinski definition) is 1. The monoisotopic (exact) mass is 298 g/mol. The molecule has 0 aliphatic rings. The van der Waals surface area contributed by atoms with Crippen molar-refractivity contribution in [3.63, 3.8) is 0 Å². The summed E-state index contributed by atoms with van der Waals surface area (Å²) in [5.74, 6) is 0.609. The van der Waals surface area contributed by atoms with Crippen LogP contribution in [0.25, 0.3) is 0 Å². The van der Waals surface area contributed by atoms with Gasteiger partial charge in [-0.15, -0.1) is 0 Å². The number of nitrogens with one attached hydrogen (secondary N) is 1. The molecule has 1 aromatic heterocycles. The zero-order chi connectivity index (χ0) is 12.7. The standard InChI is InChI=1S/C14H23BrN2/c1-4-7-11(3)13(16-9-5-2)14-12(15)8-6-10-17-14/h6,8,10-11,13,16H,4-5,7,9H2,1-3H3. The van der Waals surface area contributed by atoms with Gasteiger partial charge in [-0.05, 0) is 53.4 Å². The minimum Gasteiger partial charge on any atom is -0.308 e. The highest BCUT2D eigenvalue weighted by Gasteiger charge is 2.21. The lowest BCUT2D eigenvalue weighted by atomic mass is 9.94. The Kier molecular flexibility index (Phi) is 6.75. The van der Waals surface area contributed by atoms with Gasteiger partial charge < -0.3 is 5.32 Å². The molecule has 0 aliphatic carbocycles. The smallest absolute Gasteiger partial charge is 0.0717 e. The topological polar surface area (TPSA) is 24.9 Å². The van der Waals surface area contributed by atoms with Crippen LogP contribution >= 0.6 is 15.9 Å². The lowest BCUT2D eigenvalue weighted by molar-refractivity contribution is 0.355. The molecule has 2 unspecified atom stereocenters. The third-order valence-corrected chi connectivity index (χ3v) is 3.68. The summed E-state index contributed by atoms with van der Waals surface area (Å²) in [5, 5.41) is 3.62. The molecule has 0 saturated carbocycles. The molecule has 0 radical (unpaired) electrons. The van der Waals surface area contributed by atoms with E-state index in [9.17, 15) is 0 Å². The van der Waals surface area contributed by atoms with Gasteiger partial charge in [0.2, 0.25) is 0 Å². The quantitative estimate of drug-likeness (QED) is 0.811. The van der Waals surface area contributed by atoms with Crippen LogP contribution in [0.1, 0.15) is 51.8 Å². The fraction of sp³-hybridized carbons (Fsp3) is 0.643. The Morgan fingerprint density at radius 3 is 2.71 bits per heavy atom. The maximum Gasteiger partial charge on any atom is 0.0717 e. The summed E-state index contributed by atoms with van der Waals surface area (Å²) in [5.41, 5.74) is 1.14. The van der Waals surface area contributed by atoms with Crippen LogP contribution in [-0.2, 0) is 0 Å². The number of hydrogen-bond acceptors (Lipinski definition) is 2. The summed E-state index contributed by atoms with van der Waals surface area (Å²) < 4.78 is 1.11. The van der Waals surface area contributed by atoms with E-state index >= 15 is 0 Å². The maximum absolute atomic E-state index is 4.53. The fourth-order valence-corrected chi connectivity index (χ4v) is 2.62. The molecule has 1 rings (SSSR count). The van der Waals surface area contributed by atoms with Gasteiger partial charge in [-0.25, -0.2) is 0 Å². The van der Waals surface area contributed by atoms with E-state index in [1.807, 2.05) is 12.3 Å². The fourth-order valence-electron chi connectivity index (χ4n) is 2.12. The van der Waals surface area contributed by atoms with Gasteiger partial charge in [0.05, 0.1) is 11.7 Å². The third kappa shape index (κ3) is 4.40. The van der Waals surface area contributed by atoms with Crippen molar-refractivity contribution in [3.05, 3.63) is 28.5 Å². The van der Waals surface area contributed by atoms with Gasteiger partial charge in [-0.2, -0.15) is 0 Å². The molecule has 3 heteroatoms. The van der Waals surface area contributed by atoms with Crippen LogP contribution in [0.3, 0.4) is 0 Å². The molecule has 1 heterocycles. The van der Waals surface area contributed by atoms with Crippen molar-refractivity contribution >= 4 is 15.9 Å². The van der Waals surface area contributed by atoms with E-state index in [1.54, 1.807) is 0 Å². The SMILES string of the molecule is CCCNC(c1ncccc1Br)C(C)CCC. The van der Waals surface area contributed by atoms with Crippen molar-refractivity contribution in [3.8, 4) is 0 Å². The molecule has 1 aromatic rings. The molecular weight excluding hydrogens is 276 g/mol. The van der Waals surface area contributed by atoms with Crippen LogP contribution in [0.15, 0.2) is 22.8 Å². The van der Waals surface area contributed by atoms with E-state index in [0.29, 0.717) is 12.0 Å². The second kappa shape index (κ2) is 7.83. The van der Waals surface area contributed by atoms with Crippen molar-refractivity contribution in [2.75, 3.05) is 6.54 Å². The Morgan fingerprint density at radius 2 is 2.12 bits per heavy atom. The van der Waals surface area contributed by atoms with Crippen LogP contribution in [-0.4, -0.2) is 11.5 Å². The zero-order valence-electron chi connectivity index (χ0n) is 11.0. The molecule has 0 aliphatic heterocycles. The van der Waals surface area contributed by atoms with Crippen molar-refractivity contribution in [1.29, 1.82) is 0 Å². The first kappa shape index (κ1) is 14.7. The van der Waals surface area contributed by atoms with Crippen molar-refractivity contribution in [2.45, 2.75) is 46.1 Å². The maximum atomic E-state index is 4.53. The third-order valence-electron chi connectivity index (χ3n) is 3.01. The van der Waals surface area contributed by atoms with Gasteiger partial charge in [0.15, 0.2) is 0 Å². The average Bonchev–Trinajstić information content (AvgIpc) is 2.32. The van der Waals surface area contributed by atoms with Gasteiger partial charge in [0, 0.05) is 10.7 Å². The first-order valence-corrected chi connectivity index (χ1v) is 7.33. The normalized spacial score (nSPS) is 14.6. The molecular formula is C14H23BrN2. The van der Waals surface area contributed by atoms with Crippen molar-refractivity contribution in [2.24, 2.45) is 5.92 Å². The van der Waals surface area contributed by atoms with Gasteiger partial charge in [-0.1, -0.05) is 27.2 Å². The van der Waals surface area contributed by atoms with Gasteiger partial charge >= 0.3 is 0 Å². The first-order chi connectivity index (χ1) is 8.20. The number of pyridine rings is 1. The predicted molar refractivity (Wildman–Crippen MR) is 77.0 cm³/mol. The Hall–Kier alpha value is -0.410. The highest BCUT2D eigenvalue weighted by molar-refractivity contribution is 9.10. The molecule has 2 nitrogen and oxygen atoms in total. The summed E-state index contributed by atoms with van der Waals surface area (Å²) in [6, 6.07) is 4.39. The Balaban J connectivity index is 2.85. The zero-order valence-corrected chi connectivity index (χ0v) is 12.6. The molecule has 0 amide bonds. The molecule has 0 spiro atoms. The van der Waals surface area contributed by atoms with Crippen molar-refractivity contribution < 1.29 is 0 Å². The van der Waals surface area contributed by atoms with Gasteiger partial charge in [0.1, 0.15) is 0 Å². The number of rotatable bonds is 7. The number of aromatic nitrogens is 1. The lowest BCUT2D eigenvalue weighted by Crippen LogP contribution is -2.28. The van der Waals surface area contributed by atoms with Crippen molar-refractivity contribution in [1.82, 2.24) is 10.3 Å². The van der Waals surface area contributed by atoms with E-state index in [2.05, 4.69) is 53.1 Å². The Bertz CT molecular complexity index is 328. The highest BCUT2D eigenvalue weighted by Crippen LogP contribution is 2.29. The van der Waals surface area contributed by atoms with Crippen LogP contribution in [0.4, 0.5) is 0 Å². The largest absolute Gasteiger partial charge is 0.308 e. The molecule has 96 valence electrons. The molecule has 2 atom stereocenters. The summed E-state index contributed by atoms with van der Waals surface area (Å²) in [6.07, 6.45) is 5.47. The molecule has 0 bridgehead atoms. The summed E-state index contributed by atoms with van der Waals surface area (Å²) in [6.45, 7) is 7.78. The second-order valence-electron chi connectivity index (χ2n) is 4.57. The summed E-state index contributed by atoms with van der Waals surface area (Å²) >= 11 is 3.61. The second-order valence-corrected chi connectivity index (χ2v) is 5.42. The molecule has 17 heavy (non-hydrogen) atoms. The highest BCUT2D eigenvalue weighted by atomic mass is 79.9. The van der Waals surface area contributed by atoms with Gasteiger partial charge in [0.25, 0.3) is 0 Å². The van der Waals surface area contributed by atoms with E-state index in [-0.39, 0.29) is 0 Å². The minimum atomic E-state index is 0.352. The summed E-state index contributed by atoms with van der Waals surface area (Å²) in [4.78, 5) is 4.53. The van der Waals surface area contributed by atoms with Gasteiger partial charge in [-0.3, -0.25) is 4.98 Å². The Labute approximate surface area is 113 Å². The predicted octanol–water partition coefficient (Wildman–Crippen LogP) is 4.32.